The highest BCUT2D eigenvalue weighted by Crippen LogP contribution is 2.31. The van der Waals surface area contributed by atoms with Gasteiger partial charge in [-0.15, -0.1) is 0 Å². The zero-order valence-electron chi connectivity index (χ0n) is 12.3. The quantitative estimate of drug-likeness (QED) is 0.605. The Morgan fingerprint density at radius 3 is 0.867 bits per heavy atom. The summed E-state index contributed by atoms with van der Waals surface area (Å²) < 4.78 is 1.27. The van der Waals surface area contributed by atoms with Crippen LogP contribution in [0.25, 0.3) is 0 Å². The van der Waals surface area contributed by atoms with E-state index in [2.05, 4.69) is 68.6 Å². The van der Waals surface area contributed by atoms with Gasteiger partial charge < -0.3 is 0 Å². The summed E-state index contributed by atoms with van der Waals surface area (Å²) in [5.74, 6) is 0. The Morgan fingerprint density at radius 1 is 0.533 bits per heavy atom. The number of hydrogen-bond donors (Lipinski definition) is 0. The largest absolute Gasteiger partial charge is 0.159 e. The Hall–Kier alpha value is 0.700. The molecular formula is C13H30S2. The summed E-state index contributed by atoms with van der Waals surface area (Å²) in [5, 5.41) is 0. The summed E-state index contributed by atoms with van der Waals surface area (Å²) in [6, 6.07) is 0. The van der Waals surface area contributed by atoms with Gasteiger partial charge in [-0.05, 0) is 6.26 Å². The molecule has 0 heterocycles. The van der Waals surface area contributed by atoms with Crippen LogP contribution in [0, 0.1) is 0 Å². The molecule has 15 heavy (non-hydrogen) atoms. The highest BCUT2D eigenvalue weighted by atomic mass is 32.9. The Balaban J connectivity index is 5.71. The molecule has 0 fully saturated rings. The zero-order chi connectivity index (χ0) is 12.7. The van der Waals surface area contributed by atoms with E-state index in [1.54, 1.807) is 0 Å². The topological polar surface area (TPSA) is 0 Å². The molecule has 0 aliphatic carbocycles. The second-order valence-electron chi connectivity index (χ2n) is 7.06. The molecule has 0 amide bonds. The maximum Gasteiger partial charge on any atom is 0.00800 e. The molecule has 0 rings (SSSR count). The van der Waals surface area contributed by atoms with Crippen LogP contribution < -0.4 is 0 Å². The molecule has 0 aromatic heterocycles. The van der Waals surface area contributed by atoms with Crippen LogP contribution in [-0.4, -0.2) is 20.5 Å². The maximum absolute atomic E-state index is 2.46. The van der Waals surface area contributed by atoms with Crippen LogP contribution in [0.5, 0.6) is 0 Å². The molecule has 2 heteroatoms. The van der Waals surface area contributed by atoms with Crippen LogP contribution >= 0.6 is 0 Å². The van der Waals surface area contributed by atoms with Gasteiger partial charge >= 0.3 is 0 Å². The Labute approximate surface area is 102 Å². The van der Waals surface area contributed by atoms with Gasteiger partial charge in [0.15, 0.2) is 0 Å². The van der Waals surface area contributed by atoms with Gasteiger partial charge in [-0.2, -0.15) is 18.9 Å². The molecule has 0 spiro atoms. The van der Waals surface area contributed by atoms with Crippen molar-refractivity contribution in [2.75, 3.05) is 6.26 Å². The molecule has 1 unspecified atom stereocenters. The van der Waals surface area contributed by atoms with E-state index in [0.29, 0.717) is 33.1 Å². The third kappa shape index (κ3) is 4.60. The smallest absolute Gasteiger partial charge is 0.00800 e. The second kappa shape index (κ2) is 4.52. The van der Waals surface area contributed by atoms with Crippen LogP contribution in [-0.2, 0) is 18.9 Å². The standard InChI is InChI=1S/C13H30S2/c1-11(2,3)14(10)15(12(4,5)6)13(7,8)9/h1-10H3. The molecule has 0 aliphatic rings. The van der Waals surface area contributed by atoms with Crippen LogP contribution in [0.1, 0.15) is 62.3 Å². The van der Waals surface area contributed by atoms with Crippen LogP contribution in [0.4, 0.5) is 0 Å². The van der Waals surface area contributed by atoms with Crippen molar-refractivity contribution in [3.63, 3.8) is 0 Å². The van der Waals surface area contributed by atoms with Gasteiger partial charge in [-0.3, -0.25) is 0 Å². The van der Waals surface area contributed by atoms with E-state index in [1.165, 1.54) is 0 Å². The summed E-state index contributed by atoms with van der Waals surface area (Å²) in [5.41, 5.74) is 0. The van der Waals surface area contributed by atoms with E-state index >= 15 is 0 Å². The first-order valence-electron chi connectivity index (χ1n) is 5.69. The lowest BCUT2D eigenvalue weighted by molar-refractivity contribution is 0.731. The van der Waals surface area contributed by atoms with E-state index in [4.69, 9.17) is 0 Å². The molecule has 0 bridgehead atoms. The molecule has 1 atom stereocenters. The number of rotatable bonds is 0. The molecule has 0 aliphatic heterocycles. The van der Waals surface area contributed by atoms with Gasteiger partial charge in [0.25, 0.3) is 0 Å². The van der Waals surface area contributed by atoms with Gasteiger partial charge in [0.1, 0.15) is 0 Å². The molecule has 0 N–H and O–H groups in total. The fourth-order valence-corrected chi connectivity index (χ4v) is 11.8. The van der Waals surface area contributed by atoms with Gasteiger partial charge in [0.05, 0.1) is 0 Å². The van der Waals surface area contributed by atoms with Gasteiger partial charge in [0, 0.05) is 14.2 Å². The van der Waals surface area contributed by atoms with Crippen molar-refractivity contribution in [1.82, 2.24) is 0 Å². The van der Waals surface area contributed by atoms with Crippen molar-refractivity contribution in [3.05, 3.63) is 0 Å². The zero-order valence-corrected chi connectivity index (χ0v) is 13.9. The molecule has 0 radical (unpaired) electrons. The van der Waals surface area contributed by atoms with E-state index in [0.717, 1.165) is 0 Å². The summed E-state index contributed by atoms with van der Waals surface area (Å²) >= 11 is 0. The fourth-order valence-electron chi connectivity index (χ4n) is 1.92. The first-order chi connectivity index (χ1) is 6.28. The van der Waals surface area contributed by atoms with E-state index < -0.39 is 0 Å². The van der Waals surface area contributed by atoms with Gasteiger partial charge in [-0.1, -0.05) is 62.3 Å². The summed E-state index contributed by atoms with van der Waals surface area (Å²) in [7, 11) is 0.918. The molecule has 0 nitrogen and oxygen atoms in total. The predicted molar refractivity (Wildman–Crippen MR) is 79.9 cm³/mol. The monoisotopic (exact) mass is 250 g/mol. The van der Waals surface area contributed by atoms with Crippen molar-refractivity contribution in [3.8, 4) is 0 Å². The first kappa shape index (κ1) is 15.7. The third-order valence-corrected chi connectivity index (χ3v) is 12.7. The highest BCUT2D eigenvalue weighted by Gasteiger charge is 2.31. The SMILES string of the molecule is CS(=S(C(C)(C)C)C(C)(C)C)C(C)(C)C. The highest BCUT2D eigenvalue weighted by molar-refractivity contribution is 8.45. The van der Waals surface area contributed by atoms with Crippen LogP contribution in [0.2, 0.25) is 0 Å². The second-order valence-corrected chi connectivity index (χ2v) is 14.7. The minimum atomic E-state index is 0.420. The molecule has 0 aromatic carbocycles. The fraction of sp³-hybridized carbons (Fsp3) is 1.00. The number of hydrogen-bond acceptors (Lipinski definition) is 0. The van der Waals surface area contributed by atoms with Crippen LogP contribution in [0.15, 0.2) is 0 Å². The van der Waals surface area contributed by atoms with Crippen molar-refractivity contribution < 1.29 is 0 Å². The van der Waals surface area contributed by atoms with E-state index in [9.17, 15) is 0 Å². The normalized spacial score (nSPS) is 17.0. The maximum atomic E-state index is 2.46. The van der Waals surface area contributed by atoms with Crippen molar-refractivity contribution in [2.24, 2.45) is 0 Å². The lowest BCUT2D eigenvalue weighted by Gasteiger charge is -2.41. The summed E-state index contributed by atoms with van der Waals surface area (Å²) in [4.78, 5) is 0. The Morgan fingerprint density at radius 2 is 0.800 bits per heavy atom. The lowest BCUT2D eigenvalue weighted by atomic mass is 10.2. The van der Waals surface area contributed by atoms with Crippen molar-refractivity contribution in [1.29, 1.82) is 0 Å². The van der Waals surface area contributed by atoms with Crippen molar-refractivity contribution in [2.45, 2.75) is 76.6 Å². The minimum absolute atomic E-state index is 0.420. The van der Waals surface area contributed by atoms with Gasteiger partial charge in [-0.25, -0.2) is 0 Å². The average molecular weight is 251 g/mol. The molecular weight excluding hydrogens is 220 g/mol. The summed E-state index contributed by atoms with van der Waals surface area (Å²) in [6.07, 6.45) is 2.46. The molecule has 94 valence electrons. The average Bonchev–Trinajstić information content (AvgIpc) is 1.76. The Kier molecular flexibility index (Phi) is 4.73. The molecule has 0 saturated heterocycles. The predicted octanol–water partition coefficient (Wildman–Crippen LogP) is 4.16. The Bertz CT molecular complexity index is 238. The lowest BCUT2D eigenvalue weighted by Crippen LogP contribution is -2.42. The summed E-state index contributed by atoms with van der Waals surface area (Å²) in [6.45, 7) is 21.5. The molecule has 0 saturated carbocycles. The molecule has 0 aromatic rings. The first-order valence-corrected chi connectivity index (χ1v) is 9.06. The third-order valence-electron chi connectivity index (χ3n) is 2.22. The van der Waals surface area contributed by atoms with E-state index in [1.807, 2.05) is 0 Å². The van der Waals surface area contributed by atoms with E-state index in [-0.39, 0.29) is 0 Å². The van der Waals surface area contributed by atoms with Crippen molar-refractivity contribution >= 4 is 18.9 Å². The minimum Gasteiger partial charge on any atom is -0.159 e. The van der Waals surface area contributed by atoms with Gasteiger partial charge in [0.2, 0.25) is 0 Å². The van der Waals surface area contributed by atoms with Crippen LogP contribution in [0.3, 0.4) is 0 Å².